The quantitative estimate of drug-likeness (QED) is 0.650. The Morgan fingerprint density at radius 3 is 2.04 bits per heavy atom. The Labute approximate surface area is 153 Å². The summed E-state index contributed by atoms with van der Waals surface area (Å²) < 4.78 is 0. The van der Waals surface area contributed by atoms with Crippen LogP contribution >= 0.6 is 0 Å². The van der Waals surface area contributed by atoms with Crippen LogP contribution in [0.5, 0.6) is 0 Å². The van der Waals surface area contributed by atoms with E-state index in [1.165, 1.54) is 16.8 Å². The summed E-state index contributed by atoms with van der Waals surface area (Å²) in [4.78, 5) is 4.72. The van der Waals surface area contributed by atoms with E-state index in [-0.39, 0.29) is 5.41 Å². The first-order valence-corrected chi connectivity index (χ1v) is 9.25. The molecular weight excluding hydrogens is 318 g/mol. The number of nitrogens with zero attached hydrogens (tertiary/aromatic N) is 1. The van der Waals surface area contributed by atoms with Crippen LogP contribution < -0.4 is 0 Å². The number of aromatic nitrogens is 1. The second-order valence-electron chi connectivity index (χ2n) is 7.39. The van der Waals surface area contributed by atoms with Crippen molar-refractivity contribution in [1.29, 1.82) is 0 Å². The number of rotatable bonds is 3. The van der Waals surface area contributed by atoms with E-state index >= 15 is 0 Å². The molecule has 26 heavy (non-hydrogen) atoms. The Morgan fingerprint density at radius 2 is 1.42 bits per heavy atom. The number of fused-ring (bicyclic) bond motifs is 1. The number of aliphatic hydroxyl groups excluding tert-OH is 1. The molecule has 2 aliphatic rings. The van der Waals surface area contributed by atoms with Crippen molar-refractivity contribution < 1.29 is 5.11 Å². The van der Waals surface area contributed by atoms with Gasteiger partial charge in [-0.25, -0.2) is 0 Å². The van der Waals surface area contributed by atoms with Gasteiger partial charge in [0.15, 0.2) is 0 Å². The average Bonchev–Trinajstić information content (AvgIpc) is 3.12. The van der Waals surface area contributed by atoms with Gasteiger partial charge in [0.05, 0.1) is 5.69 Å². The molecule has 2 nitrogen and oxygen atoms in total. The van der Waals surface area contributed by atoms with Gasteiger partial charge < -0.3 is 5.11 Å². The van der Waals surface area contributed by atoms with Gasteiger partial charge in [0, 0.05) is 17.2 Å². The van der Waals surface area contributed by atoms with E-state index in [2.05, 4.69) is 42.5 Å². The summed E-state index contributed by atoms with van der Waals surface area (Å²) in [6.45, 7) is 0. The Kier molecular flexibility index (Phi) is 3.46. The van der Waals surface area contributed by atoms with Crippen molar-refractivity contribution in [2.24, 2.45) is 11.8 Å². The van der Waals surface area contributed by atoms with Crippen LogP contribution in [0, 0.1) is 11.8 Å². The van der Waals surface area contributed by atoms with Crippen LogP contribution in [0.25, 0.3) is 5.76 Å². The lowest BCUT2D eigenvalue weighted by Gasteiger charge is -2.22. The summed E-state index contributed by atoms with van der Waals surface area (Å²) in [6.07, 6.45) is 3.78. The normalized spacial score (nSPS) is 28.5. The van der Waals surface area contributed by atoms with Crippen LogP contribution in [0.15, 0.2) is 90.6 Å². The van der Waals surface area contributed by atoms with Crippen molar-refractivity contribution in [3.05, 3.63) is 107 Å². The zero-order valence-electron chi connectivity index (χ0n) is 14.5. The third-order valence-electron chi connectivity index (χ3n) is 6.20. The van der Waals surface area contributed by atoms with E-state index in [1.54, 1.807) is 0 Å². The molecule has 0 radical (unpaired) electrons. The Balaban J connectivity index is 1.53. The molecule has 5 rings (SSSR count). The minimum absolute atomic E-state index is 0.00296. The molecule has 1 aromatic heterocycles. The number of allylic oxidation sites excluding steroid dienone is 1. The van der Waals surface area contributed by atoms with E-state index in [9.17, 15) is 5.11 Å². The predicted molar refractivity (Wildman–Crippen MR) is 104 cm³/mol. The van der Waals surface area contributed by atoms with Crippen molar-refractivity contribution in [2.75, 3.05) is 0 Å². The predicted octanol–water partition coefficient (Wildman–Crippen LogP) is 5.38. The fraction of sp³-hybridized carbons (Fsp3) is 0.208. The van der Waals surface area contributed by atoms with Crippen LogP contribution in [0.4, 0.5) is 0 Å². The van der Waals surface area contributed by atoms with Gasteiger partial charge in [0.2, 0.25) is 0 Å². The first-order chi connectivity index (χ1) is 12.8. The summed E-state index contributed by atoms with van der Waals surface area (Å²) in [7, 11) is 0. The molecule has 2 heteroatoms. The van der Waals surface area contributed by atoms with Gasteiger partial charge in [-0.15, -0.1) is 0 Å². The first kappa shape index (κ1) is 15.4. The third kappa shape index (κ3) is 2.15. The molecule has 128 valence electrons. The van der Waals surface area contributed by atoms with E-state index in [0.29, 0.717) is 17.6 Å². The maximum atomic E-state index is 10.7. The molecule has 1 unspecified atom stereocenters. The smallest absolute Gasteiger partial charge is 0.122 e. The molecule has 0 saturated heterocycles. The van der Waals surface area contributed by atoms with Crippen molar-refractivity contribution in [2.45, 2.75) is 18.3 Å². The van der Waals surface area contributed by atoms with E-state index < -0.39 is 0 Å². The van der Waals surface area contributed by atoms with Crippen molar-refractivity contribution in [3.8, 4) is 0 Å². The Bertz CT molecular complexity index is 892. The third-order valence-corrected chi connectivity index (χ3v) is 6.20. The number of aliphatic hydroxyl groups is 1. The Hall–Kier alpha value is -2.87. The van der Waals surface area contributed by atoms with Crippen LogP contribution in [0.3, 0.4) is 0 Å². The van der Waals surface area contributed by atoms with Crippen LogP contribution in [-0.2, 0) is 5.41 Å². The maximum Gasteiger partial charge on any atom is 0.122 e. The molecule has 0 aliphatic heterocycles. The van der Waals surface area contributed by atoms with Gasteiger partial charge in [-0.1, -0.05) is 66.7 Å². The van der Waals surface area contributed by atoms with Gasteiger partial charge in [0.1, 0.15) is 5.76 Å². The van der Waals surface area contributed by atoms with Crippen LogP contribution in [0.1, 0.15) is 29.7 Å². The minimum Gasteiger partial charge on any atom is -0.507 e. The molecule has 2 fully saturated rings. The maximum absolute atomic E-state index is 10.7. The molecule has 1 N–H and O–H groups in total. The summed E-state index contributed by atoms with van der Waals surface area (Å²) in [5.41, 5.74) is 4.63. The van der Waals surface area contributed by atoms with E-state index in [1.807, 2.05) is 42.6 Å². The van der Waals surface area contributed by atoms with Gasteiger partial charge in [0.25, 0.3) is 0 Å². The lowest BCUT2D eigenvalue weighted by Crippen LogP contribution is -2.18. The standard InChI is InChI=1S/C24H21NO/c26-23(17-9-3-1-4-10-17)18-15-20-21(16-18)24(20,19-11-5-2-6-12-19)22-13-7-8-14-25-22/h1-14,20-21,26H,15-16H2/t20-,21+,24?. The fourth-order valence-corrected chi connectivity index (χ4v) is 5.03. The van der Waals surface area contributed by atoms with E-state index in [0.717, 1.165) is 18.4 Å². The molecular formula is C24H21NO. The largest absolute Gasteiger partial charge is 0.507 e. The lowest BCUT2D eigenvalue weighted by molar-refractivity contribution is 0.497. The molecule has 3 atom stereocenters. The van der Waals surface area contributed by atoms with Gasteiger partial charge in [-0.05, 0) is 47.9 Å². The summed E-state index contributed by atoms with van der Waals surface area (Å²) in [5.74, 6) is 1.50. The summed E-state index contributed by atoms with van der Waals surface area (Å²) >= 11 is 0. The van der Waals surface area contributed by atoms with Crippen LogP contribution in [0.2, 0.25) is 0 Å². The van der Waals surface area contributed by atoms with Gasteiger partial charge in [-0.3, -0.25) is 4.98 Å². The highest BCUT2D eigenvalue weighted by Gasteiger charge is 2.69. The fourth-order valence-electron chi connectivity index (χ4n) is 5.03. The number of hydrogen-bond donors (Lipinski definition) is 1. The number of benzene rings is 2. The number of hydrogen-bond acceptors (Lipinski definition) is 2. The monoisotopic (exact) mass is 339 g/mol. The zero-order valence-corrected chi connectivity index (χ0v) is 14.5. The van der Waals surface area contributed by atoms with Crippen LogP contribution in [-0.4, -0.2) is 10.1 Å². The minimum atomic E-state index is 0.00296. The second-order valence-corrected chi connectivity index (χ2v) is 7.39. The molecule has 3 aromatic rings. The van der Waals surface area contributed by atoms with Gasteiger partial charge >= 0.3 is 0 Å². The zero-order chi connectivity index (χ0) is 17.6. The highest BCUT2D eigenvalue weighted by molar-refractivity contribution is 5.64. The van der Waals surface area contributed by atoms with Crippen molar-refractivity contribution in [1.82, 2.24) is 4.98 Å². The topological polar surface area (TPSA) is 33.1 Å². The lowest BCUT2D eigenvalue weighted by atomic mass is 9.82. The van der Waals surface area contributed by atoms with Crippen molar-refractivity contribution >= 4 is 5.76 Å². The SMILES string of the molecule is OC(=C1C[C@@H]2[C@H](C1)C2(c1ccccc1)c1ccccn1)c1ccccc1. The molecule has 0 bridgehead atoms. The molecule has 0 amide bonds. The highest BCUT2D eigenvalue weighted by atomic mass is 16.3. The second kappa shape index (κ2) is 5.84. The molecule has 2 aromatic carbocycles. The first-order valence-electron chi connectivity index (χ1n) is 9.25. The van der Waals surface area contributed by atoms with E-state index in [4.69, 9.17) is 4.98 Å². The van der Waals surface area contributed by atoms with Gasteiger partial charge in [-0.2, -0.15) is 0 Å². The summed E-state index contributed by atoms with van der Waals surface area (Å²) in [5, 5.41) is 10.7. The summed E-state index contributed by atoms with van der Waals surface area (Å²) in [6, 6.07) is 26.9. The Morgan fingerprint density at radius 1 is 0.808 bits per heavy atom. The molecule has 1 heterocycles. The molecule has 2 aliphatic carbocycles. The molecule has 2 saturated carbocycles. The number of pyridine rings is 1. The highest BCUT2D eigenvalue weighted by Crippen LogP contribution is 2.72. The average molecular weight is 339 g/mol. The van der Waals surface area contributed by atoms with Crippen molar-refractivity contribution in [3.63, 3.8) is 0 Å². The molecule has 0 spiro atoms.